The van der Waals surface area contributed by atoms with Crippen LogP contribution in [0.4, 0.5) is 0 Å². The fourth-order valence-electron chi connectivity index (χ4n) is 2.29. The lowest BCUT2D eigenvalue weighted by Gasteiger charge is -2.07. The van der Waals surface area contributed by atoms with Crippen LogP contribution in [0.25, 0.3) is 11.0 Å². The molecule has 26 heavy (non-hydrogen) atoms. The molecule has 0 radical (unpaired) electrons. The SMILES string of the molecule is O=C(CCCSc1nc2ccccc2[nH]1)NNC(=O)c1cccc(Cl)c1. The van der Waals surface area contributed by atoms with Crippen molar-refractivity contribution in [2.45, 2.75) is 18.0 Å². The average Bonchev–Trinajstić information content (AvgIpc) is 3.06. The van der Waals surface area contributed by atoms with Gasteiger partial charge in [0.15, 0.2) is 5.16 Å². The average molecular weight is 389 g/mol. The number of nitrogens with zero attached hydrogens (tertiary/aromatic N) is 1. The molecule has 0 bridgehead atoms. The molecule has 2 amide bonds. The molecule has 8 heteroatoms. The lowest BCUT2D eigenvalue weighted by Crippen LogP contribution is -2.41. The zero-order valence-electron chi connectivity index (χ0n) is 13.8. The number of carbonyl (C=O) groups is 2. The Kier molecular flexibility index (Phi) is 6.14. The molecular formula is C18H17ClN4O2S. The van der Waals surface area contributed by atoms with Crippen molar-refractivity contribution >= 4 is 46.2 Å². The molecule has 0 saturated heterocycles. The Hall–Kier alpha value is -2.51. The summed E-state index contributed by atoms with van der Waals surface area (Å²) in [7, 11) is 0. The van der Waals surface area contributed by atoms with E-state index in [2.05, 4.69) is 20.8 Å². The molecule has 6 nitrogen and oxygen atoms in total. The molecule has 1 aromatic heterocycles. The summed E-state index contributed by atoms with van der Waals surface area (Å²) in [6.45, 7) is 0. The molecule has 0 aliphatic rings. The van der Waals surface area contributed by atoms with Gasteiger partial charge in [0.05, 0.1) is 11.0 Å². The van der Waals surface area contributed by atoms with Crippen molar-refractivity contribution in [2.75, 3.05) is 5.75 Å². The Morgan fingerprint density at radius 1 is 1.12 bits per heavy atom. The van der Waals surface area contributed by atoms with Crippen molar-refractivity contribution < 1.29 is 9.59 Å². The summed E-state index contributed by atoms with van der Waals surface area (Å²) in [6, 6.07) is 14.3. The molecule has 2 aromatic carbocycles. The number of para-hydroxylation sites is 2. The third-order valence-electron chi connectivity index (χ3n) is 3.56. The molecular weight excluding hydrogens is 372 g/mol. The van der Waals surface area contributed by atoms with Gasteiger partial charge in [-0.3, -0.25) is 20.4 Å². The second-order valence-corrected chi connectivity index (χ2v) is 7.04. The number of imidazole rings is 1. The second-order valence-electron chi connectivity index (χ2n) is 5.52. The number of carbonyl (C=O) groups excluding carboxylic acids is 2. The van der Waals surface area contributed by atoms with Crippen molar-refractivity contribution in [2.24, 2.45) is 0 Å². The highest BCUT2D eigenvalue weighted by Crippen LogP contribution is 2.20. The first-order chi connectivity index (χ1) is 12.6. The van der Waals surface area contributed by atoms with Crippen LogP contribution in [0.5, 0.6) is 0 Å². The van der Waals surface area contributed by atoms with Crippen molar-refractivity contribution in [1.82, 2.24) is 20.8 Å². The predicted molar refractivity (Wildman–Crippen MR) is 103 cm³/mol. The number of thioether (sulfide) groups is 1. The van der Waals surface area contributed by atoms with Gasteiger partial charge in [-0.1, -0.05) is 41.6 Å². The van der Waals surface area contributed by atoms with E-state index in [9.17, 15) is 9.59 Å². The van der Waals surface area contributed by atoms with Gasteiger partial charge in [0, 0.05) is 22.8 Å². The van der Waals surface area contributed by atoms with Crippen LogP contribution >= 0.6 is 23.4 Å². The lowest BCUT2D eigenvalue weighted by atomic mass is 10.2. The minimum absolute atomic E-state index is 0.245. The minimum Gasteiger partial charge on any atom is -0.333 e. The molecule has 3 aromatic rings. The van der Waals surface area contributed by atoms with Crippen molar-refractivity contribution in [3.63, 3.8) is 0 Å². The lowest BCUT2D eigenvalue weighted by molar-refractivity contribution is -0.121. The van der Waals surface area contributed by atoms with Crippen LogP contribution in [0.3, 0.4) is 0 Å². The van der Waals surface area contributed by atoms with Crippen LogP contribution < -0.4 is 10.9 Å². The standard InChI is InChI=1S/C18H17ClN4O2S/c19-13-6-3-5-12(11-13)17(25)23-22-16(24)9-4-10-26-18-20-14-7-1-2-8-15(14)21-18/h1-3,5-8,11H,4,9-10H2,(H,20,21)(H,22,24)(H,23,25). The van der Waals surface area contributed by atoms with E-state index in [0.717, 1.165) is 21.9 Å². The molecule has 3 N–H and O–H groups in total. The number of amides is 2. The maximum Gasteiger partial charge on any atom is 0.269 e. The van der Waals surface area contributed by atoms with E-state index in [-0.39, 0.29) is 5.91 Å². The van der Waals surface area contributed by atoms with Crippen molar-refractivity contribution in [3.8, 4) is 0 Å². The highest BCUT2D eigenvalue weighted by Gasteiger charge is 2.08. The summed E-state index contributed by atoms with van der Waals surface area (Å²) in [5, 5.41) is 1.30. The first-order valence-electron chi connectivity index (χ1n) is 8.04. The second kappa shape index (κ2) is 8.73. The first kappa shape index (κ1) is 18.3. The van der Waals surface area contributed by atoms with Gasteiger partial charge in [-0.2, -0.15) is 0 Å². The zero-order valence-corrected chi connectivity index (χ0v) is 15.4. The molecule has 0 saturated carbocycles. The fraction of sp³-hybridized carbons (Fsp3) is 0.167. The predicted octanol–water partition coefficient (Wildman–Crippen LogP) is 3.55. The van der Waals surface area contributed by atoms with Crippen LogP contribution in [0.1, 0.15) is 23.2 Å². The molecule has 0 aliphatic carbocycles. The van der Waals surface area contributed by atoms with Gasteiger partial charge >= 0.3 is 0 Å². The van der Waals surface area contributed by atoms with Crippen molar-refractivity contribution in [1.29, 1.82) is 0 Å². The summed E-state index contributed by atoms with van der Waals surface area (Å²) in [5.74, 6) is 0.0956. The van der Waals surface area contributed by atoms with Gasteiger partial charge in [0.2, 0.25) is 5.91 Å². The summed E-state index contributed by atoms with van der Waals surface area (Å²) in [6.07, 6.45) is 0.976. The van der Waals surface area contributed by atoms with E-state index in [0.29, 0.717) is 23.4 Å². The molecule has 0 spiro atoms. The van der Waals surface area contributed by atoms with Gasteiger partial charge < -0.3 is 4.98 Å². The zero-order chi connectivity index (χ0) is 18.4. The highest BCUT2D eigenvalue weighted by atomic mass is 35.5. The Bertz CT molecular complexity index is 895. The number of halogens is 1. The topological polar surface area (TPSA) is 86.9 Å². The Balaban J connectivity index is 1.37. The van der Waals surface area contributed by atoms with Crippen molar-refractivity contribution in [3.05, 3.63) is 59.1 Å². The van der Waals surface area contributed by atoms with Gasteiger partial charge in [-0.15, -0.1) is 0 Å². The highest BCUT2D eigenvalue weighted by molar-refractivity contribution is 7.99. The van der Waals surface area contributed by atoms with Gasteiger partial charge in [0.25, 0.3) is 5.91 Å². The van der Waals surface area contributed by atoms with E-state index >= 15 is 0 Å². The quantitative estimate of drug-likeness (QED) is 0.342. The fourth-order valence-corrected chi connectivity index (χ4v) is 3.31. The number of aromatic nitrogens is 2. The first-order valence-corrected chi connectivity index (χ1v) is 9.40. The van der Waals surface area contributed by atoms with Gasteiger partial charge in [-0.25, -0.2) is 4.98 Å². The number of benzene rings is 2. The van der Waals surface area contributed by atoms with Crippen LogP contribution in [-0.4, -0.2) is 27.5 Å². The number of hydrogen-bond acceptors (Lipinski definition) is 4. The van der Waals surface area contributed by atoms with Crippen LogP contribution in [0.2, 0.25) is 5.02 Å². The largest absolute Gasteiger partial charge is 0.333 e. The number of hydrazine groups is 1. The molecule has 3 rings (SSSR count). The third-order valence-corrected chi connectivity index (χ3v) is 4.75. The third kappa shape index (κ3) is 5.00. The summed E-state index contributed by atoms with van der Waals surface area (Å²) < 4.78 is 0. The summed E-state index contributed by atoms with van der Waals surface area (Å²) in [4.78, 5) is 31.4. The number of hydrogen-bond donors (Lipinski definition) is 3. The van der Waals surface area contributed by atoms with E-state index in [4.69, 9.17) is 11.6 Å². The summed E-state index contributed by atoms with van der Waals surface area (Å²) in [5.41, 5.74) is 7.10. The molecule has 0 fully saturated rings. The molecule has 0 unspecified atom stereocenters. The summed E-state index contributed by atoms with van der Waals surface area (Å²) >= 11 is 7.40. The smallest absolute Gasteiger partial charge is 0.269 e. The molecule has 0 atom stereocenters. The van der Waals surface area contributed by atoms with E-state index < -0.39 is 5.91 Å². The van der Waals surface area contributed by atoms with E-state index in [1.165, 1.54) is 6.07 Å². The number of H-pyrrole nitrogens is 1. The molecule has 1 heterocycles. The van der Waals surface area contributed by atoms with Gasteiger partial charge in [-0.05, 0) is 36.8 Å². The Morgan fingerprint density at radius 3 is 2.77 bits per heavy atom. The number of fused-ring (bicyclic) bond motifs is 1. The number of aromatic amines is 1. The number of rotatable bonds is 6. The molecule has 0 aliphatic heterocycles. The maximum absolute atomic E-state index is 11.9. The Labute approximate surface area is 159 Å². The normalized spacial score (nSPS) is 10.7. The number of nitrogens with one attached hydrogen (secondary N) is 3. The minimum atomic E-state index is -0.405. The van der Waals surface area contributed by atoms with E-state index in [1.54, 1.807) is 30.0 Å². The van der Waals surface area contributed by atoms with Crippen LogP contribution in [-0.2, 0) is 4.79 Å². The van der Waals surface area contributed by atoms with Crippen LogP contribution in [0, 0.1) is 0 Å². The van der Waals surface area contributed by atoms with Gasteiger partial charge in [0.1, 0.15) is 0 Å². The van der Waals surface area contributed by atoms with Crippen LogP contribution in [0.15, 0.2) is 53.7 Å². The molecule has 134 valence electrons. The van der Waals surface area contributed by atoms with E-state index in [1.807, 2.05) is 24.3 Å². The monoisotopic (exact) mass is 388 g/mol. The maximum atomic E-state index is 11.9. The Morgan fingerprint density at radius 2 is 1.96 bits per heavy atom.